The van der Waals surface area contributed by atoms with E-state index in [4.69, 9.17) is 4.98 Å². The maximum Gasteiger partial charge on any atom is 0.149 e. The Hall–Kier alpha value is -3.24. The van der Waals surface area contributed by atoms with Gasteiger partial charge in [-0.15, -0.1) is 0 Å². The van der Waals surface area contributed by atoms with Gasteiger partial charge >= 0.3 is 0 Å². The summed E-state index contributed by atoms with van der Waals surface area (Å²) in [5.41, 5.74) is 7.60. The van der Waals surface area contributed by atoms with Crippen LogP contribution in [-0.2, 0) is 6.54 Å². The zero-order valence-corrected chi connectivity index (χ0v) is 22.3. The number of halogens is 2. The fourth-order valence-corrected chi connectivity index (χ4v) is 4.93. The number of nitrogens with one attached hydrogen (secondary N) is 1. The largest absolute Gasteiger partial charge is 0.339 e. The van der Waals surface area contributed by atoms with Crippen LogP contribution in [0.2, 0.25) is 0 Å². The van der Waals surface area contributed by atoms with Gasteiger partial charge in [-0.2, -0.15) is 5.26 Å². The van der Waals surface area contributed by atoms with Crippen molar-refractivity contribution in [1.29, 1.82) is 5.26 Å². The maximum absolute atomic E-state index is 10.3. The fraction of sp³-hybridized carbons (Fsp3) is 0.103. The lowest BCUT2D eigenvalue weighted by molar-refractivity contribution is 0.358. The molecule has 0 atom stereocenters. The van der Waals surface area contributed by atoms with E-state index in [2.05, 4.69) is 85.5 Å². The molecule has 4 aromatic rings. The van der Waals surface area contributed by atoms with Crippen molar-refractivity contribution in [2.75, 3.05) is 18.9 Å². The molecule has 0 fully saturated rings. The average molecular weight is 586 g/mol. The van der Waals surface area contributed by atoms with Crippen LogP contribution in [0.1, 0.15) is 22.4 Å². The van der Waals surface area contributed by atoms with Crippen molar-refractivity contribution in [3.05, 3.63) is 110 Å². The monoisotopic (exact) mass is 584 g/mol. The van der Waals surface area contributed by atoms with Gasteiger partial charge in [-0.25, -0.2) is 4.98 Å². The molecule has 0 unspecified atom stereocenters. The minimum atomic E-state index is 0.549. The number of nitrogens with zero attached hydrogens (tertiary/aromatic N) is 3. The number of anilines is 2. The Kier molecular flexibility index (Phi) is 6.83. The minimum absolute atomic E-state index is 0.549. The molecule has 2 heterocycles. The molecule has 35 heavy (non-hydrogen) atoms. The summed E-state index contributed by atoms with van der Waals surface area (Å²) in [6, 6.07) is 28.7. The average Bonchev–Trinajstić information content (AvgIpc) is 2.86. The van der Waals surface area contributed by atoms with E-state index in [9.17, 15) is 5.26 Å². The van der Waals surface area contributed by atoms with Crippen LogP contribution in [0.4, 0.5) is 11.5 Å². The Morgan fingerprint density at radius 2 is 1.57 bits per heavy atom. The van der Waals surface area contributed by atoms with Crippen molar-refractivity contribution >= 4 is 55.0 Å². The van der Waals surface area contributed by atoms with E-state index >= 15 is 0 Å². The molecule has 172 valence electrons. The van der Waals surface area contributed by atoms with Crippen molar-refractivity contribution in [2.45, 2.75) is 6.54 Å². The molecular weight excluding hydrogens is 564 g/mol. The first-order valence-corrected chi connectivity index (χ1v) is 12.8. The first kappa shape index (κ1) is 23.5. The number of benzene rings is 3. The zero-order valence-electron chi connectivity index (χ0n) is 19.1. The van der Waals surface area contributed by atoms with E-state index in [0.717, 1.165) is 54.7 Å². The third-order valence-corrected chi connectivity index (χ3v) is 7.02. The molecule has 0 saturated carbocycles. The van der Waals surface area contributed by atoms with E-state index < -0.39 is 0 Å². The van der Waals surface area contributed by atoms with E-state index in [0.29, 0.717) is 17.9 Å². The van der Waals surface area contributed by atoms with Gasteiger partial charge in [0.25, 0.3) is 0 Å². The summed E-state index contributed by atoms with van der Waals surface area (Å²) in [6.07, 6.45) is 2.19. The molecule has 0 bridgehead atoms. The number of hydrogen-bond acceptors (Lipinski definition) is 4. The quantitative estimate of drug-likeness (QED) is 0.265. The van der Waals surface area contributed by atoms with Crippen LogP contribution < -0.4 is 5.32 Å². The summed E-state index contributed by atoms with van der Waals surface area (Å²) < 4.78 is 2.04. The Morgan fingerprint density at radius 1 is 0.914 bits per heavy atom. The van der Waals surface area contributed by atoms with E-state index in [1.165, 1.54) is 0 Å². The summed E-state index contributed by atoms with van der Waals surface area (Å²) in [5.74, 6) is 0.571. The lowest BCUT2D eigenvalue weighted by atomic mass is 9.88. The third-order valence-electron chi connectivity index (χ3n) is 5.96. The van der Waals surface area contributed by atoms with Crippen molar-refractivity contribution in [1.82, 2.24) is 9.88 Å². The highest BCUT2D eigenvalue weighted by molar-refractivity contribution is 9.10. The summed E-state index contributed by atoms with van der Waals surface area (Å²) in [5, 5.41) is 13.7. The lowest BCUT2D eigenvalue weighted by Gasteiger charge is -2.30. The third kappa shape index (κ3) is 5.08. The second-order valence-electron chi connectivity index (χ2n) is 8.54. The number of fused-ring (bicyclic) bond motifs is 1. The molecule has 1 aliphatic heterocycles. The van der Waals surface area contributed by atoms with Crippen molar-refractivity contribution in [3.63, 3.8) is 0 Å². The topological polar surface area (TPSA) is 52.0 Å². The molecule has 1 aliphatic rings. The van der Waals surface area contributed by atoms with Crippen LogP contribution in [0.25, 0.3) is 22.8 Å². The predicted octanol–water partition coefficient (Wildman–Crippen LogP) is 7.87. The SMILES string of the molecule is CN1C/C(=C/c2ccc(Br)cc2)c2nc(Nc3ccccc3)c(C#N)c(-c3ccc(Br)cc3)c2C1. The van der Waals surface area contributed by atoms with Gasteiger partial charge in [-0.05, 0) is 66.2 Å². The van der Waals surface area contributed by atoms with Crippen LogP contribution in [0.15, 0.2) is 87.8 Å². The molecule has 1 N–H and O–H groups in total. The van der Waals surface area contributed by atoms with Crippen molar-refractivity contribution < 1.29 is 0 Å². The maximum atomic E-state index is 10.3. The highest BCUT2D eigenvalue weighted by atomic mass is 79.9. The number of aromatic nitrogens is 1. The van der Waals surface area contributed by atoms with Crippen LogP contribution in [-0.4, -0.2) is 23.5 Å². The molecule has 0 radical (unpaired) electrons. The first-order chi connectivity index (χ1) is 17.0. The number of likely N-dealkylation sites (N-methyl/N-ethyl adjacent to an activating group) is 1. The number of hydrogen-bond donors (Lipinski definition) is 1. The van der Waals surface area contributed by atoms with Gasteiger partial charge in [-0.1, -0.05) is 74.3 Å². The number of rotatable bonds is 4. The highest BCUT2D eigenvalue weighted by Crippen LogP contribution is 2.40. The normalized spacial score (nSPS) is 14.4. The number of para-hydroxylation sites is 1. The smallest absolute Gasteiger partial charge is 0.149 e. The second kappa shape index (κ2) is 10.2. The summed E-state index contributed by atoms with van der Waals surface area (Å²) >= 11 is 7.06. The van der Waals surface area contributed by atoms with Gasteiger partial charge < -0.3 is 5.32 Å². The van der Waals surface area contributed by atoms with Gasteiger partial charge in [0.2, 0.25) is 0 Å². The molecule has 4 nitrogen and oxygen atoms in total. The first-order valence-electron chi connectivity index (χ1n) is 11.2. The van der Waals surface area contributed by atoms with Crippen molar-refractivity contribution in [2.24, 2.45) is 0 Å². The van der Waals surface area contributed by atoms with Crippen LogP contribution in [0.5, 0.6) is 0 Å². The Bertz CT molecular complexity index is 1440. The van der Waals surface area contributed by atoms with Gasteiger partial charge in [-0.3, -0.25) is 4.90 Å². The lowest BCUT2D eigenvalue weighted by Crippen LogP contribution is -2.28. The summed E-state index contributed by atoms with van der Waals surface area (Å²) in [4.78, 5) is 7.33. The summed E-state index contributed by atoms with van der Waals surface area (Å²) in [7, 11) is 2.10. The van der Waals surface area contributed by atoms with Gasteiger partial charge in [0, 0.05) is 38.8 Å². The molecule has 0 aliphatic carbocycles. The molecule has 1 aromatic heterocycles. The molecular formula is C29H22Br2N4. The number of pyridine rings is 1. The number of nitriles is 1. The van der Waals surface area contributed by atoms with Crippen LogP contribution >= 0.6 is 31.9 Å². The van der Waals surface area contributed by atoms with Gasteiger partial charge in [0.1, 0.15) is 17.5 Å². The van der Waals surface area contributed by atoms with Gasteiger partial charge in [0.05, 0.1) is 5.69 Å². The minimum Gasteiger partial charge on any atom is -0.339 e. The Balaban J connectivity index is 1.76. The predicted molar refractivity (Wildman–Crippen MR) is 150 cm³/mol. The Labute approximate surface area is 222 Å². The fourth-order valence-electron chi connectivity index (χ4n) is 4.40. The molecule has 0 saturated heterocycles. The molecule has 5 rings (SSSR count). The standard InChI is InChI=1S/C29H22Br2N4/c1-35-17-21(15-19-7-11-22(30)12-8-19)28-26(18-35)27(20-9-13-23(31)14-10-20)25(16-32)29(34-28)33-24-5-3-2-4-6-24/h2-15H,17-18H2,1H3,(H,33,34)/b21-15-. The molecule has 0 amide bonds. The van der Waals surface area contributed by atoms with E-state index in [1.54, 1.807) is 0 Å². The van der Waals surface area contributed by atoms with E-state index in [1.807, 2.05) is 54.6 Å². The summed E-state index contributed by atoms with van der Waals surface area (Å²) in [6.45, 7) is 1.48. The molecule has 0 spiro atoms. The highest BCUT2D eigenvalue weighted by Gasteiger charge is 2.27. The van der Waals surface area contributed by atoms with Crippen molar-refractivity contribution in [3.8, 4) is 17.2 Å². The molecule has 3 aromatic carbocycles. The Morgan fingerprint density at radius 3 is 2.23 bits per heavy atom. The van der Waals surface area contributed by atoms with E-state index in [-0.39, 0.29) is 0 Å². The van der Waals surface area contributed by atoms with Crippen LogP contribution in [0, 0.1) is 11.3 Å². The van der Waals surface area contributed by atoms with Crippen LogP contribution in [0.3, 0.4) is 0 Å². The second-order valence-corrected chi connectivity index (χ2v) is 10.4. The molecule has 6 heteroatoms. The van der Waals surface area contributed by atoms with Gasteiger partial charge in [0.15, 0.2) is 0 Å². The zero-order chi connectivity index (χ0) is 24.4.